The lowest BCUT2D eigenvalue weighted by molar-refractivity contribution is 0.153. The molecule has 1 aliphatic carbocycles. The number of nitrogens with one attached hydrogen (secondary N) is 1. The van der Waals surface area contributed by atoms with Crippen LogP contribution < -0.4 is 5.32 Å². The van der Waals surface area contributed by atoms with E-state index in [0.717, 1.165) is 23.7 Å². The molecule has 0 spiro atoms. The SMILES string of the molecule is CN1CCN(CCNC2(c3ccc(-c4ccccc4Cl)cc3)CC2)CC1. The first-order chi connectivity index (χ1) is 12.7. The first kappa shape index (κ1) is 18.0. The van der Waals surface area contributed by atoms with Gasteiger partial charge in [0, 0.05) is 55.4 Å². The van der Waals surface area contributed by atoms with Crippen molar-refractivity contribution in [1.82, 2.24) is 15.1 Å². The van der Waals surface area contributed by atoms with Gasteiger partial charge in [0.05, 0.1) is 0 Å². The molecular formula is C22H28ClN3. The summed E-state index contributed by atoms with van der Waals surface area (Å²) < 4.78 is 0. The molecule has 4 heteroatoms. The number of benzene rings is 2. The van der Waals surface area contributed by atoms with Crippen LogP contribution in [0.4, 0.5) is 0 Å². The standard InChI is InChI=1S/C22H28ClN3/c1-25-14-16-26(17-15-25)13-12-24-22(10-11-22)19-8-6-18(7-9-19)20-4-2-3-5-21(20)23/h2-9,24H,10-17H2,1H3. The van der Waals surface area contributed by atoms with Gasteiger partial charge in [0.1, 0.15) is 0 Å². The zero-order chi connectivity index (χ0) is 18.0. The van der Waals surface area contributed by atoms with Gasteiger partial charge in [-0.25, -0.2) is 0 Å². The molecule has 138 valence electrons. The number of likely N-dealkylation sites (N-methyl/N-ethyl adjacent to an activating group) is 1. The number of piperazine rings is 1. The highest BCUT2D eigenvalue weighted by Gasteiger charge is 2.43. The lowest BCUT2D eigenvalue weighted by Crippen LogP contribution is -2.47. The molecule has 2 fully saturated rings. The van der Waals surface area contributed by atoms with Gasteiger partial charge in [-0.1, -0.05) is 54.1 Å². The molecule has 0 unspecified atom stereocenters. The third kappa shape index (κ3) is 3.96. The van der Waals surface area contributed by atoms with Crippen molar-refractivity contribution in [1.29, 1.82) is 0 Å². The van der Waals surface area contributed by atoms with E-state index in [0.29, 0.717) is 0 Å². The molecule has 1 saturated heterocycles. The monoisotopic (exact) mass is 369 g/mol. The van der Waals surface area contributed by atoms with Gasteiger partial charge in [-0.15, -0.1) is 0 Å². The van der Waals surface area contributed by atoms with Crippen LogP contribution in [-0.2, 0) is 5.54 Å². The Balaban J connectivity index is 1.35. The van der Waals surface area contributed by atoms with Crippen molar-refractivity contribution in [2.24, 2.45) is 0 Å². The van der Waals surface area contributed by atoms with E-state index >= 15 is 0 Å². The summed E-state index contributed by atoms with van der Waals surface area (Å²) in [5.74, 6) is 0. The molecule has 1 N–H and O–H groups in total. The Labute approximate surface area is 161 Å². The van der Waals surface area contributed by atoms with Crippen LogP contribution in [0.2, 0.25) is 5.02 Å². The minimum absolute atomic E-state index is 0.200. The molecule has 2 aromatic rings. The van der Waals surface area contributed by atoms with Crippen LogP contribution >= 0.6 is 11.6 Å². The maximum atomic E-state index is 6.33. The highest BCUT2D eigenvalue weighted by molar-refractivity contribution is 6.33. The molecule has 3 nitrogen and oxygen atoms in total. The highest BCUT2D eigenvalue weighted by Crippen LogP contribution is 2.45. The number of hydrogen-bond donors (Lipinski definition) is 1. The molecule has 26 heavy (non-hydrogen) atoms. The van der Waals surface area contributed by atoms with E-state index in [2.05, 4.69) is 52.5 Å². The van der Waals surface area contributed by atoms with Gasteiger partial charge >= 0.3 is 0 Å². The molecule has 4 rings (SSSR count). The molecule has 1 heterocycles. The average Bonchev–Trinajstić information content (AvgIpc) is 3.45. The molecule has 0 radical (unpaired) electrons. The van der Waals surface area contributed by atoms with Crippen LogP contribution in [0.25, 0.3) is 11.1 Å². The minimum Gasteiger partial charge on any atom is -0.306 e. The quantitative estimate of drug-likeness (QED) is 0.834. The summed E-state index contributed by atoms with van der Waals surface area (Å²) in [5.41, 5.74) is 3.90. The third-order valence-corrected chi connectivity index (χ3v) is 6.19. The Morgan fingerprint density at radius 2 is 1.65 bits per heavy atom. The lowest BCUT2D eigenvalue weighted by Gasteiger charge is -2.32. The zero-order valence-corrected chi connectivity index (χ0v) is 16.3. The van der Waals surface area contributed by atoms with Crippen LogP contribution in [0.3, 0.4) is 0 Å². The van der Waals surface area contributed by atoms with Gasteiger partial charge < -0.3 is 10.2 Å². The van der Waals surface area contributed by atoms with E-state index in [1.54, 1.807) is 0 Å². The minimum atomic E-state index is 0.200. The highest BCUT2D eigenvalue weighted by atomic mass is 35.5. The normalized spacial score (nSPS) is 20.2. The first-order valence-corrected chi connectivity index (χ1v) is 10.1. The smallest absolute Gasteiger partial charge is 0.0484 e. The van der Waals surface area contributed by atoms with Gasteiger partial charge in [0.25, 0.3) is 0 Å². The van der Waals surface area contributed by atoms with Crippen LogP contribution in [-0.4, -0.2) is 56.1 Å². The molecule has 0 aromatic heterocycles. The van der Waals surface area contributed by atoms with Gasteiger partial charge in [-0.2, -0.15) is 0 Å². The molecule has 1 aliphatic heterocycles. The van der Waals surface area contributed by atoms with Crippen molar-refractivity contribution in [3.63, 3.8) is 0 Å². The molecule has 2 aliphatic rings. The second kappa shape index (κ2) is 7.69. The average molecular weight is 370 g/mol. The number of nitrogens with zero attached hydrogens (tertiary/aromatic N) is 2. The van der Waals surface area contributed by atoms with Crippen molar-refractivity contribution < 1.29 is 0 Å². The van der Waals surface area contributed by atoms with Gasteiger partial charge in [0.15, 0.2) is 0 Å². The Kier molecular flexibility index (Phi) is 5.32. The van der Waals surface area contributed by atoms with Gasteiger partial charge in [-0.05, 0) is 37.1 Å². The second-order valence-electron chi connectivity index (χ2n) is 7.71. The molecule has 1 saturated carbocycles. The van der Waals surface area contributed by atoms with E-state index in [9.17, 15) is 0 Å². The zero-order valence-electron chi connectivity index (χ0n) is 15.5. The van der Waals surface area contributed by atoms with Gasteiger partial charge in [0.2, 0.25) is 0 Å². The summed E-state index contributed by atoms with van der Waals surface area (Å²) in [7, 11) is 2.21. The predicted octanol–water partition coefficient (Wildman–Crippen LogP) is 3.83. The maximum absolute atomic E-state index is 6.33. The summed E-state index contributed by atoms with van der Waals surface area (Å²) in [4.78, 5) is 4.98. The topological polar surface area (TPSA) is 18.5 Å². The lowest BCUT2D eigenvalue weighted by atomic mass is 9.99. The molecule has 2 aromatic carbocycles. The third-order valence-electron chi connectivity index (χ3n) is 5.86. The Bertz CT molecular complexity index is 731. The van der Waals surface area contributed by atoms with Gasteiger partial charge in [-0.3, -0.25) is 4.90 Å². The van der Waals surface area contributed by atoms with Crippen molar-refractivity contribution in [3.05, 3.63) is 59.1 Å². The fourth-order valence-corrected chi connectivity index (χ4v) is 4.13. The number of rotatable bonds is 6. The summed E-state index contributed by atoms with van der Waals surface area (Å²) >= 11 is 6.33. The summed E-state index contributed by atoms with van der Waals surface area (Å²) in [6, 6.07) is 17.0. The largest absolute Gasteiger partial charge is 0.306 e. The van der Waals surface area contributed by atoms with E-state index in [1.165, 1.54) is 50.1 Å². The molecular weight excluding hydrogens is 342 g/mol. The van der Waals surface area contributed by atoms with Crippen molar-refractivity contribution in [2.75, 3.05) is 46.3 Å². The Morgan fingerprint density at radius 1 is 0.962 bits per heavy atom. The van der Waals surface area contributed by atoms with Crippen LogP contribution in [0.5, 0.6) is 0 Å². The second-order valence-corrected chi connectivity index (χ2v) is 8.12. The first-order valence-electron chi connectivity index (χ1n) is 9.68. The van der Waals surface area contributed by atoms with Crippen LogP contribution in [0.1, 0.15) is 18.4 Å². The molecule has 0 atom stereocenters. The van der Waals surface area contributed by atoms with Crippen molar-refractivity contribution in [3.8, 4) is 11.1 Å². The van der Waals surface area contributed by atoms with Crippen LogP contribution in [0, 0.1) is 0 Å². The van der Waals surface area contributed by atoms with E-state index in [4.69, 9.17) is 11.6 Å². The Morgan fingerprint density at radius 3 is 2.31 bits per heavy atom. The van der Waals surface area contributed by atoms with E-state index in [1.807, 2.05) is 18.2 Å². The summed E-state index contributed by atoms with van der Waals surface area (Å²) in [6.07, 6.45) is 2.47. The van der Waals surface area contributed by atoms with E-state index < -0.39 is 0 Å². The Hall–Kier alpha value is -1.39. The summed E-state index contributed by atoms with van der Waals surface area (Å²) in [6.45, 7) is 6.97. The molecule has 0 bridgehead atoms. The van der Waals surface area contributed by atoms with Crippen LogP contribution in [0.15, 0.2) is 48.5 Å². The predicted molar refractivity (Wildman–Crippen MR) is 110 cm³/mol. The van der Waals surface area contributed by atoms with E-state index in [-0.39, 0.29) is 5.54 Å². The maximum Gasteiger partial charge on any atom is 0.0484 e. The fraction of sp³-hybridized carbons (Fsp3) is 0.455. The molecule has 0 amide bonds. The van der Waals surface area contributed by atoms with Crippen molar-refractivity contribution in [2.45, 2.75) is 18.4 Å². The van der Waals surface area contributed by atoms with Crippen molar-refractivity contribution >= 4 is 11.6 Å². The number of hydrogen-bond acceptors (Lipinski definition) is 3. The number of halogens is 1. The fourth-order valence-electron chi connectivity index (χ4n) is 3.88. The summed E-state index contributed by atoms with van der Waals surface area (Å²) in [5, 5.41) is 4.65.